The van der Waals surface area contributed by atoms with Crippen LogP contribution in [-0.2, 0) is 4.74 Å². The van der Waals surface area contributed by atoms with Gasteiger partial charge in [0.15, 0.2) is 0 Å². The fraction of sp³-hybridized carbons (Fsp3) is 1.00. The van der Waals surface area contributed by atoms with Gasteiger partial charge in [-0.1, -0.05) is 13.3 Å². The van der Waals surface area contributed by atoms with E-state index in [0.29, 0.717) is 6.61 Å². The van der Waals surface area contributed by atoms with Crippen molar-refractivity contribution in [1.29, 1.82) is 0 Å². The Morgan fingerprint density at radius 1 is 1.33 bits per heavy atom. The van der Waals surface area contributed by atoms with E-state index in [-0.39, 0.29) is 44.3 Å². The quantitative estimate of drug-likeness (QED) is 0.449. The van der Waals surface area contributed by atoms with Crippen LogP contribution in [0, 0.1) is 0 Å². The SMILES string of the molecule is CCCCOCCO.[CaH2]. The second-order valence-electron chi connectivity index (χ2n) is 1.69. The molecule has 0 heterocycles. The van der Waals surface area contributed by atoms with Crippen LogP contribution in [0.15, 0.2) is 0 Å². The summed E-state index contributed by atoms with van der Waals surface area (Å²) in [4.78, 5) is 0. The molecular formula is C6H16CaO2. The maximum atomic E-state index is 8.24. The van der Waals surface area contributed by atoms with Gasteiger partial charge in [0.1, 0.15) is 0 Å². The fourth-order valence-electron chi connectivity index (χ4n) is 0.413. The molecule has 3 heteroatoms. The molecule has 0 radical (unpaired) electrons. The predicted octanol–water partition coefficient (Wildman–Crippen LogP) is -0.121. The van der Waals surface area contributed by atoms with Gasteiger partial charge in [0.25, 0.3) is 0 Å². The minimum atomic E-state index is 0. The molecular weight excluding hydrogens is 144 g/mol. The topological polar surface area (TPSA) is 29.5 Å². The van der Waals surface area contributed by atoms with Crippen LogP contribution in [0.5, 0.6) is 0 Å². The van der Waals surface area contributed by atoms with Crippen LogP contribution in [0.2, 0.25) is 0 Å². The Bertz CT molecular complexity index is 36.0. The van der Waals surface area contributed by atoms with E-state index >= 15 is 0 Å². The molecule has 0 aromatic rings. The molecule has 0 bridgehead atoms. The number of rotatable bonds is 5. The van der Waals surface area contributed by atoms with Crippen LogP contribution in [-0.4, -0.2) is 62.7 Å². The number of ether oxygens (including phenoxy) is 1. The van der Waals surface area contributed by atoms with E-state index in [1.54, 1.807) is 0 Å². The average Bonchev–Trinajstić information content (AvgIpc) is 1.81. The van der Waals surface area contributed by atoms with Crippen LogP contribution >= 0.6 is 0 Å². The maximum absolute atomic E-state index is 8.24. The van der Waals surface area contributed by atoms with Crippen molar-refractivity contribution < 1.29 is 9.84 Å². The summed E-state index contributed by atoms with van der Waals surface area (Å²) in [5.41, 5.74) is 0. The van der Waals surface area contributed by atoms with Crippen molar-refractivity contribution in [3.05, 3.63) is 0 Å². The molecule has 0 unspecified atom stereocenters. The molecule has 0 rings (SSSR count). The second-order valence-corrected chi connectivity index (χ2v) is 1.69. The average molecular weight is 160 g/mol. The molecule has 0 aromatic carbocycles. The molecule has 54 valence electrons. The first-order valence-corrected chi connectivity index (χ1v) is 3.10. The number of unbranched alkanes of at least 4 members (excludes halogenated alkanes) is 1. The third-order valence-corrected chi connectivity index (χ3v) is 0.878. The first-order valence-electron chi connectivity index (χ1n) is 3.10. The van der Waals surface area contributed by atoms with Crippen LogP contribution in [0.3, 0.4) is 0 Å². The van der Waals surface area contributed by atoms with Crippen molar-refractivity contribution >= 4 is 37.7 Å². The molecule has 1 N–H and O–H groups in total. The van der Waals surface area contributed by atoms with Gasteiger partial charge in [0, 0.05) is 6.61 Å². The van der Waals surface area contributed by atoms with Gasteiger partial charge in [-0.3, -0.25) is 0 Å². The number of hydrogen-bond acceptors (Lipinski definition) is 2. The van der Waals surface area contributed by atoms with Crippen LogP contribution in [0.1, 0.15) is 19.8 Å². The van der Waals surface area contributed by atoms with Gasteiger partial charge in [-0.05, 0) is 6.42 Å². The summed E-state index contributed by atoms with van der Waals surface area (Å²) >= 11 is 0. The summed E-state index contributed by atoms with van der Waals surface area (Å²) in [6.45, 7) is 3.53. The molecule has 0 aliphatic heterocycles. The van der Waals surface area contributed by atoms with E-state index in [1.165, 1.54) is 0 Å². The normalized spacial score (nSPS) is 8.67. The van der Waals surface area contributed by atoms with Gasteiger partial charge < -0.3 is 9.84 Å². The monoisotopic (exact) mass is 160 g/mol. The van der Waals surface area contributed by atoms with E-state index in [0.717, 1.165) is 19.4 Å². The fourth-order valence-corrected chi connectivity index (χ4v) is 0.413. The third-order valence-electron chi connectivity index (χ3n) is 0.878. The van der Waals surface area contributed by atoms with Crippen LogP contribution in [0.25, 0.3) is 0 Å². The van der Waals surface area contributed by atoms with Gasteiger partial charge in [0.05, 0.1) is 13.2 Å². The molecule has 0 aliphatic carbocycles. The minimum absolute atomic E-state index is 0. The number of aliphatic hydroxyl groups is 1. The summed E-state index contributed by atoms with van der Waals surface area (Å²) in [5.74, 6) is 0. The van der Waals surface area contributed by atoms with Crippen molar-refractivity contribution in [3.8, 4) is 0 Å². The first-order chi connectivity index (χ1) is 3.91. The molecule has 0 spiro atoms. The summed E-state index contributed by atoms with van der Waals surface area (Å²) in [7, 11) is 0. The van der Waals surface area contributed by atoms with Crippen molar-refractivity contribution in [2.24, 2.45) is 0 Å². The van der Waals surface area contributed by atoms with Crippen molar-refractivity contribution in [2.45, 2.75) is 19.8 Å². The summed E-state index contributed by atoms with van der Waals surface area (Å²) in [6.07, 6.45) is 2.26. The predicted molar refractivity (Wildman–Crippen MR) is 41.4 cm³/mol. The second kappa shape index (κ2) is 11.9. The molecule has 0 saturated heterocycles. The zero-order valence-corrected chi connectivity index (χ0v) is 5.39. The Hall–Kier alpha value is 1.18. The zero-order chi connectivity index (χ0) is 6.24. The number of aliphatic hydroxyl groups excluding tert-OH is 1. The Kier molecular flexibility index (Phi) is 17.0. The molecule has 0 atom stereocenters. The standard InChI is InChI=1S/C6H14O2.Ca.2H/c1-2-3-5-8-6-4-7;;;/h7H,2-6H2,1H3;;;. The summed E-state index contributed by atoms with van der Waals surface area (Å²) < 4.78 is 4.97. The summed E-state index contributed by atoms with van der Waals surface area (Å²) in [5, 5.41) is 8.24. The van der Waals surface area contributed by atoms with Gasteiger partial charge in [0.2, 0.25) is 0 Å². The van der Waals surface area contributed by atoms with Gasteiger partial charge in [-0.25, -0.2) is 0 Å². The number of hydrogen-bond donors (Lipinski definition) is 1. The van der Waals surface area contributed by atoms with E-state index < -0.39 is 0 Å². The van der Waals surface area contributed by atoms with E-state index in [1.807, 2.05) is 0 Å². The van der Waals surface area contributed by atoms with Crippen molar-refractivity contribution in [1.82, 2.24) is 0 Å². The third kappa shape index (κ3) is 12.4. The van der Waals surface area contributed by atoms with Crippen LogP contribution in [0.4, 0.5) is 0 Å². The first kappa shape index (κ1) is 12.8. The molecule has 9 heavy (non-hydrogen) atoms. The molecule has 0 amide bonds. The van der Waals surface area contributed by atoms with E-state index in [4.69, 9.17) is 9.84 Å². The molecule has 0 aromatic heterocycles. The van der Waals surface area contributed by atoms with Crippen molar-refractivity contribution in [2.75, 3.05) is 19.8 Å². The molecule has 0 aliphatic rings. The molecule has 2 nitrogen and oxygen atoms in total. The Morgan fingerprint density at radius 3 is 2.44 bits per heavy atom. The van der Waals surface area contributed by atoms with Crippen LogP contribution < -0.4 is 0 Å². The van der Waals surface area contributed by atoms with Gasteiger partial charge in [-0.2, -0.15) is 0 Å². The van der Waals surface area contributed by atoms with E-state index in [9.17, 15) is 0 Å². The Labute approximate surface area is 86.6 Å². The molecule has 0 saturated carbocycles. The Balaban J connectivity index is 0. The Morgan fingerprint density at radius 2 is 2.00 bits per heavy atom. The van der Waals surface area contributed by atoms with Gasteiger partial charge >= 0.3 is 37.7 Å². The van der Waals surface area contributed by atoms with Crippen molar-refractivity contribution in [3.63, 3.8) is 0 Å². The zero-order valence-electron chi connectivity index (χ0n) is 5.39. The summed E-state index contributed by atoms with van der Waals surface area (Å²) in [6, 6.07) is 0. The van der Waals surface area contributed by atoms with E-state index in [2.05, 4.69) is 6.92 Å². The molecule has 0 fully saturated rings. The van der Waals surface area contributed by atoms with Gasteiger partial charge in [-0.15, -0.1) is 0 Å².